The lowest BCUT2D eigenvalue weighted by atomic mass is 10.0. The molecule has 2 amide bonds. The number of anilines is 1. The second-order valence-electron chi connectivity index (χ2n) is 9.80. The molecule has 0 unspecified atom stereocenters. The van der Waals surface area contributed by atoms with Crippen LogP contribution in [-0.2, 0) is 16.1 Å². The molecule has 4 heterocycles. The highest BCUT2D eigenvalue weighted by molar-refractivity contribution is 9.10. The summed E-state index contributed by atoms with van der Waals surface area (Å²) >= 11 is 3.25. The molecule has 1 fully saturated rings. The van der Waals surface area contributed by atoms with Crippen molar-refractivity contribution in [3.05, 3.63) is 64.9 Å². The van der Waals surface area contributed by atoms with Gasteiger partial charge in [0.1, 0.15) is 40.2 Å². The van der Waals surface area contributed by atoms with Crippen LogP contribution >= 0.6 is 15.9 Å². The van der Waals surface area contributed by atoms with Crippen LogP contribution in [0.4, 0.5) is 10.2 Å². The van der Waals surface area contributed by atoms with Gasteiger partial charge >= 0.3 is 0 Å². The van der Waals surface area contributed by atoms with Gasteiger partial charge in [-0.15, -0.1) is 0 Å². The minimum Gasteiger partial charge on any atom is -0.326 e. The van der Waals surface area contributed by atoms with Crippen LogP contribution in [0, 0.1) is 6.92 Å². The number of halogens is 2. The summed E-state index contributed by atoms with van der Waals surface area (Å²) in [6, 6.07) is 9.40. The number of Topliss-reactive ketones (excluding diaryl/α,β-unsaturated/α-hetero) is 1. The molecule has 1 aliphatic heterocycles. The summed E-state index contributed by atoms with van der Waals surface area (Å²) in [5.74, 6) is -0.362. The van der Waals surface area contributed by atoms with Gasteiger partial charge in [0.2, 0.25) is 11.8 Å². The van der Waals surface area contributed by atoms with E-state index in [4.69, 9.17) is 0 Å². The van der Waals surface area contributed by atoms with E-state index in [-0.39, 0.29) is 36.8 Å². The highest BCUT2D eigenvalue weighted by Gasteiger charge is 2.46. The summed E-state index contributed by atoms with van der Waals surface area (Å²) in [6.07, 6.45) is 3.24. The molecule has 1 saturated heterocycles. The van der Waals surface area contributed by atoms with Crippen LogP contribution in [0.5, 0.6) is 0 Å². The van der Waals surface area contributed by atoms with Gasteiger partial charge in [0.15, 0.2) is 5.78 Å². The van der Waals surface area contributed by atoms with E-state index >= 15 is 4.39 Å². The van der Waals surface area contributed by atoms with Gasteiger partial charge in [-0.2, -0.15) is 5.10 Å². The average molecular weight is 594 g/mol. The van der Waals surface area contributed by atoms with Crippen molar-refractivity contribution >= 4 is 50.2 Å². The Hall–Kier alpha value is -4.06. The molecular weight excluding hydrogens is 569 g/mol. The summed E-state index contributed by atoms with van der Waals surface area (Å²) in [4.78, 5) is 52.8. The molecule has 0 bridgehead atoms. The molecule has 0 saturated carbocycles. The fraction of sp³-hybridized carbons (Fsp3) is 0.296. The number of rotatable bonds is 6. The topological polar surface area (TPSA) is 123 Å². The van der Waals surface area contributed by atoms with E-state index in [1.165, 1.54) is 23.4 Å². The first-order valence-electron chi connectivity index (χ1n) is 12.2. The van der Waals surface area contributed by atoms with Crippen LogP contribution < -0.4 is 5.32 Å². The Morgan fingerprint density at radius 2 is 1.90 bits per heavy atom. The minimum absolute atomic E-state index is 0.154. The van der Waals surface area contributed by atoms with Gasteiger partial charge in [0.05, 0.1) is 12.1 Å². The molecule has 4 aromatic rings. The number of carbonyl (C=O) groups is 3. The van der Waals surface area contributed by atoms with E-state index in [0.717, 1.165) is 11.1 Å². The lowest BCUT2D eigenvalue weighted by Crippen LogP contribution is -2.44. The second-order valence-corrected chi connectivity index (χ2v) is 10.6. The zero-order valence-corrected chi connectivity index (χ0v) is 23.1. The molecule has 2 atom stereocenters. The molecule has 10 nitrogen and oxygen atoms in total. The fourth-order valence-electron chi connectivity index (χ4n) is 4.73. The predicted octanol–water partition coefficient (Wildman–Crippen LogP) is 4.13. The third kappa shape index (κ3) is 5.56. The average Bonchev–Trinajstić information content (AvgIpc) is 3.41. The highest BCUT2D eigenvalue weighted by atomic mass is 79.9. The van der Waals surface area contributed by atoms with E-state index in [1.807, 2.05) is 12.1 Å². The Bertz CT molecular complexity index is 1600. The van der Waals surface area contributed by atoms with Crippen molar-refractivity contribution in [2.45, 2.75) is 45.4 Å². The third-order valence-corrected chi connectivity index (χ3v) is 7.01. The fourth-order valence-corrected chi connectivity index (χ4v) is 5.07. The second kappa shape index (κ2) is 10.3. The van der Waals surface area contributed by atoms with E-state index in [0.29, 0.717) is 21.3 Å². The number of fused-ring (bicyclic) bond motifs is 1. The van der Waals surface area contributed by atoms with Gasteiger partial charge < -0.3 is 10.2 Å². The number of benzene rings is 1. The molecule has 1 N–H and O–H groups in total. The summed E-state index contributed by atoms with van der Waals surface area (Å²) in [6.45, 7) is 4.05. The molecule has 1 aromatic carbocycles. The molecule has 3 aromatic heterocycles. The minimum atomic E-state index is -1.75. The van der Waals surface area contributed by atoms with Crippen molar-refractivity contribution in [3.63, 3.8) is 0 Å². The van der Waals surface area contributed by atoms with Gasteiger partial charge in [0.25, 0.3) is 0 Å². The maximum absolute atomic E-state index is 15.1. The highest BCUT2D eigenvalue weighted by Crippen LogP contribution is 2.32. The molecule has 39 heavy (non-hydrogen) atoms. The summed E-state index contributed by atoms with van der Waals surface area (Å²) in [7, 11) is 0. The molecule has 0 spiro atoms. The quantitative estimate of drug-likeness (QED) is 0.263. The van der Waals surface area contributed by atoms with Gasteiger partial charge in [0, 0.05) is 36.7 Å². The van der Waals surface area contributed by atoms with Crippen molar-refractivity contribution in [2.24, 2.45) is 0 Å². The van der Waals surface area contributed by atoms with Crippen molar-refractivity contribution in [1.29, 1.82) is 0 Å². The number of carbonyl (C=O) groups excluding carboxylic acids is 3. The number of pyridine rings is 1. The van der Waals surface area contributed by atoms with Crippen molar-refractivity contribution in [1.82, 2.24) is 29.6 Å². The Morgan fingerprint density at radius 3 is 2.59 bits per heavy atom. The van der Waals surface area contributed by atoms with Gasteiger partial charge in [-0.25, -0.2) is 19.3 Å². The number of hydrogen-bond donors (Lipinski definition) is 1. The SMILES string of the molecule is CC(=O)c1nn(CC(=O)N2C[C@](C)(F)C[C@H]2C(=O)Nc2cccc(Br)n2)c2ccc(-c3cnc(C)nc3)cc12. The van der Waals surface area contributed by atoms with E-state index < -0.39 is 23.5 Å². The van der Waals surface area contributed by atoms with Crippen LogP contribution in [-0.4, -0.2) is 65.5 Å². The Balaban J connectivity index is 1.43. The lowest BCUT2D eigenvalue weighted by Gasteiger charge is -2.23. The standard InChI is InChI=1S/C27H25BrFN7O3/c1-15(37)25-19-9-17(18-11-30-16(2)31-12-18)7-8-20(19)36(34-25)13-24(38)35-14-27(3,29)10-21(35)26(39)33-23-6-4-5-22(28)32-23/h4-9,11-12,21H,10,13-14H2,1-3H3,(H,32,33,39)/t21-,27+/m0/s1. The monoisotopic (exact) mass is 593 g/mol. The molecule has 0 aliphatic carbocycles. The van der Waals surface area contributed by atoms with Gasteiger partial charge in [-0.3, -0.25) is 19.1 Å². The summed E-state index contributed by atoms with van der Waals surface area (Å²) in [5, 5.41) is 7.65. The van der Waals surface area contributed by atoms with Crippen molar-refractivity contribution in [3.8, 4) is 11.1 Å². The first-order valence-corrected chi connectivity index (χ1v) is 13.0. The zero-order valence-electron chi connectivity index (χ0n) is 21.5. The van der Waals surface area contributed by atoms with Gasteiger partial charge in [-0.05, 0) is 59.6 Å². The largest absolute Gasteiger partial charge is 0.326 e. The first kappa shape index (κ1) is 26.5. The molecule has 1 aliphatic rings. The Kier molecular flexibility index (Phi) is 6.98. The molecule has 200 valence electrons. The van der Waals surface area contributed by atoms with Gasteiger partial charge in [-0.1, -0.05) is 12.1 Å². The third-order valence-electron chi connectivity index (χ3n) is 6.57. The Morgan fingerprint density at radius 1 is 1.15 bits per heavy atom. The predicted molar refractivity (Wildman–Crippen MR) is 146 cm³/mol. The maximum Gasteiger partial charge on any atom is 0.248 e. The molecule has 0 radical (unpaired) electrons. The number of aromatic nitrogens is 5. The number of likely N-dealkylation sites (tertiary alicyclic amines) is 1. The van der Waals surface area contributed by atoms with Crippen LogP contribution in [0.2, 0.25) is 0 Å². The lowest BCUT2D eigenvalue weighted by molar-refractivity contribution is -0.137. The zero-order chi connectivity index (χ0) is 27.9. The van der Waals surface area contributed by atoms with Crippen LogP contribution in [0.15, 0.2) is 53.4 Å². The maximum atomic E-state index is 15.1. The number of nitrogens with zero attached hydrogens (tertiary/aromatic N) is 6. The van der Waals surface area contributed by atoms with E-state index in [9.17, 15) is 14.4 Å². The Labute approximate surface area is 231 Å². The summed E-state index contributed by atoms with van der Waals surface area (Å²) in [5.41, 5.74) is 0.589. The number of alkyl halides is 1. The number of ketones is 1. The van der Waals surface area contributed by atoms with Crippen LogP contribution in [0.1, 0.15) is 36.6 Å². The number of hydrogen-bond acceptors (Lipinski definition) is 7. The van der Waals surface area contributed by atoms with Crippen LogP contribution in [0.3, 0.4) is 0 Å². The number of amides is 2. The summed E-state index contributed by atoms with van der Waals surface area (Å²) < 4.78 is 17.0. The van der Waals surface area contributed by atoms with Crippen molar-refractivity contribution < 1.29 is 18.8 Å². The molecule has 12 heteroatoms. The first-order chi connectivity index (χ1) is 18.5. The van der Waals surface area contributed by atoms with E-state index in [1.54, 1.807) is 43.6 Å². The van der Waals surface area contributed by atoms with Crippen LogP contribution in [0.25, 0.3) is 22.0 Å². The normalized spacial score (nSPS) is 18.9. The molecular formula is C27H25BrFN7O3. The smallest absolute Gasteiger partial charge is 0.248 e. The number of aryl methyl sites for hydroxylation is 1. The molecule has 5 rings (SSSR count). The van der Waals surface area contributed by atoms with E-state index in [2.05, 4.69) is 41.3 Å². The number of nitrogens with one attached hydrogen (secondary N) is 1. The van der Waals surface area contributed by atoms with Crippen molar-refractivity contribution in [2.75, 3.05) is 11.9 Å².